The first-order valence-corrected chi connectivity index (χ1v) is 8.30. The number of rotatable bonds is 3. The number of nitrogens with one attached hydrogen (secondary N) is 1. The molecule has 1 aliphatic heterocycles. The van der Waals surface area contributed by atoms with Crippen LogP contribution in [0.3, 0.4) is 0 Å². The molecule has 0 unspecified atom stereocenters. The zero-order chi connectivity index (χ0) is 17.8. The third-order valence-electron chi connectivity index (χ3n) is 4.38. The molecule has 1 aromatic heterocycles. The van der Waals surface area contributed by atoms with Crippen molar-refractivity contribution in [2.45, 2.75) is 25.5 Å². The van der Waals surface area contributed by atoms with Gasteiger partial charge in [-0.1, -0.05) is 18.2 Å². The van der Waals surface area contributed by atoms with Gasteiger partial charge in [-0.2, -0.15) is 0 Å². The van der Waals surface area contributed by atoms with Crippen LogP contribution in [0.25, 0.3) is 0 Å². The number of β-amino-alcohol motifs (C(OH)–C–C–N with tert-alkyl or cyclic N) is 1. The molecular weight excluding hydrogens is 318 g/mol. The van der Waals surface area contributed by atoms with Crippen LogP contribution in [-0.2, 0) is 0 Å². The number of carbonyl (C=O) groups is 2. The van der Waals surface area contributed by atoms with Crippen molar-refractivity contribution in [3.8, 4) is 0 Å². The molecule has 1 saturated heterocycles. The normalized spacial score (nSPS) is 20.2. The molecule has 2 N–H and O–H groups in total. The van der Waals surface area contributed by atoms with Crippen LogP contribution in [0.5, 0.6) is 0 Å². The molecule has 3 rings (SSSR count). The maximum Gasteiger partial charge on any atom is 0.253 e. The number of aliphatic hydroxyl groups is 1. The molecule has 130 valence electrons. The van der Waals surface area contributed by atoms with E-state index in [1.54, 1.807) is 29.2 Å². The van der Waals surface area contributed by atoms with E-state index in [4.69, 9.17) is 0 Å². The Balaban J connectivity index is 1.59. The van der Waals surface area contributed by atoms with Gasteiger partial charge in [0.2, 0.25) is 0 Å². The minimum Gasteiger partial charge on any atom is -0.389 e. The first-order chi connectivity index (χ1) is 12.0. The Hall–Kier alpha value is -2.73. The van der Waals surface area contributed by atoms with Crippen LogP contribution in [0.15, 0.2) is 48.7 Å². The molecule has 6 heteroatoms. The first kappa shape index (κ1) is 17.1. The second kappa shape index (κ2) is 7.44. The van der Waals surface area contributed by atoms with Crippen LogP contribution in [0.2, 0.25) is 0 Å². The highest BCUT2D eigenvalue weighted by Gasteiger charge is 2.31. The summed E-state index contributed by atoms with van der Waals surface area (Å²) in [5.74, 6) is -0.369. The molecule has 0 bridgehead atoms. The Bertz CT molecular complexity index is 746. The second-order valence-electron chi connectivity index (χ2n) is 6.24. The molecule has 0 radical (unpaired) electrons. The fraction of sp³-hybridized carbons (Fsp3) is 0.316. The van der Waals surface area contributed by atoms with E-state index >= 15 is 0 Å². The van der Waals surface area contributed by atoms with E-state index in [2.05, 4.69) is 10.3 Å². The largest absolute Gasteiger partial charge is 0.389 e. The van der Waals surface area contributed by atoms with Crippen molar-refractivity contribution in [1.82, 2.24) is 15.2 Å². The average molecular weight is 339 g/mol. The minimum atomic E-state index is -0.802. The molecule has 6 nitrogen and oxygen atoms in total. The molecular formula is C19H21N3O3. The molecule has 0 aliphatic carbocycles. The summed E-state index contributed by atoms with van der Waals surface area (Å²) in [4.78, 5) is 30.4. The lowest BCUT2D eigenvalue weighted by molar-refractivity contribution is 0.0315. The lowest BCUT2D eigenvalue weighted by atomic mass is 10.0. The van der Waals surface area contributed by atoms with Crippen molar-refractivity contribution in [1.29, 1.82) is 0 Å². The molecule has 1 aromatic carbocycles. The first-order valence-electron chi connectivity index (χ1n) is 8.30. The van der Waals surface area contributed by atoms with Crippen LogP contribution < -0.4 is 5.32 Å². The van der Waals surface area contributed by atoms with E-state index in [-0.39, 0.29) is 24.4 Å². The quantitative estimate of drug-likeness (QED) is 0.885. The maximum absolute atomic E-state index is 12.4. The van der Waals surface area contributed by atoms with Gasteiger partial charge in [0.25, 0.3) is 11.8 Å². The fourth-order valence-electron chi connectivity index (χ4n) is 2.90. The smallest absolute Gasteiger partial charge is 0.253 e. The van der Waals surface area contributed by atoms with Crippen LogP contribution in [-0.4, -0.2) is 52.0 Å². The summed E-state index contributed by atoms with van der Waals surface area (Å²) in [7, 11) is 0. The summed E-state index contributed by atoms with van der Waals surface area (Å²) in [6, 6.07) is 12.1. The van der Waals surface area contributed by atoms with E-state index in [1.165, 1.54) is 6.20 Å². The number of likely N-dealkylation sites (tertiary alicyclic amines) is 1. The average Bonchev–Trinajstić information content (AvgIpc) is 2.64. The molecule has 0 saturated carbocycles. The number of piperidine rings is 1. The van der Waals surface area contributed by atoms with Crippen molar-refractivity contribution in [2.75, 3.05) is 13.1 Å². The van der Waals surface area contributed by atoms with Gasteiger partial charge in [0, 0.05) is 30.5 Å². The summed E-state index contributed by atoms with van der Waals surface area (Å²) < 4.78 is 0. The number of hydrogen-bond donors (Lipinski definition) is 2. The molecule has 2 atom stereocenters. The van der Waals surface area contributed by atoms with Crippen molar-refractivity contribution in [2.24, 2.45) is 0 Å². The summed E-state index contributed by atoms with van der Waals surface area (Å²) in [6.45, 7) is 2.54. The standard InChI is InChI=1S/C19H21N3O3/c1-13-7-8-15(11-20-13)18(24)21-16-9-10-22(12-17(16)23)19(25)14-5-3-2-4-6-14/h2-8,11,16-17,23H,9-10,12H2,1H3,(H,21,24)/t16-,17-/m1/s1. The third kappa shape index (κ3) is 4.03. The van der Waals surface area contributed by atoms with Gasteiger partial charge in [0.15, 0.2) is 0 Å². The van der Waals surface area contributed by atoms with Crippen LogP contribution >= 0.6 is 0 Å². The number of aliphatic hydroxyl groups excluding tert-OH is 1. The van der Waals surface area contributed by atoms with E-state index in [0.717, 1.165) is 5.69 Å². The number of benzene rings is 1. The van der Waals surface area contributed by atoms with Crippen LogP contribution in [0.1, 0.15) is 32.8 Å². The molecule has 0 spiro atoms. The molecule has 2 amide bonds. The van der Waals surface area contributed by atoms with E-state index < -0.39 is 6.10 Å². The van der Waals surface area contributed by atoms with Gasteiger partial charge in [-0.05, 0) is 37.6 Å². The summed E-state index contributed by atoms with van der Waals surface area (Å²) in [5.41, 5.74) is 1.90. The molecule has 25 heavy (non-hydrogen) atoms. The number of amides is 2. The van der Waals surface area contributed by atoms with Crippen molar-refractivity contribution < 1.29 is 14.7 Å². The van der Waals surface area contributed by atoms with Gasteiger partial charge in [0.1, 0.15) is 0 Å². The van der Waals surface area contributed by atoms with Gasteiger partial charge in [-0.25, -0.2) is 0 Å². The number of hydrogen-bond acceptors (Lipinski definition) is 4. The fourth-order valence-corrected chi connectivity index (χ4v) is 2.90. The summed E-state index contributed by atoms with van der Waals surface area (Å²) in [5, 5.41) is 13.2. The van der Waals surface area contributed by atoms with Crippen LogP contribution in [0, 0.1) is 6.92 Å². The third-order valence-corrected chi connectivity index (χ3v) is 4.38. The van der Waals surface area contributed by atoms with Gasteiger partial charge in [0.05, 0.1) is 17.7 Å². The van der Waals surface area contributed by atoms with Gasteiger partial charge >= 0.3 is 0 Å². The zero-order valence-corrected chi connectivity index (χ0v) is 14.1. The van der Waals surface area contributed by atoms with Gasteiger partial charge in [-0.15, -0.1) is 0 Å². The van der Waals surface area contributed by atoms with Gasteiger partial charge in [-0.3, -0.25) is 14.6 Å². The van der Waals surface area contributed by atoms with Crippen molar-refractivity contribution in [3.63, 3.8) is 0 Å². The number of carbonyl (C=O) groups excluding carboxylic acids is 2. The monoisotopic (exact) mass is 339 g/mol. The Morgan fingerprint density at radius 3 is 2.56 bits per heavy atom. The zero-order valence-electron chi connectivity index (χ0n) is 14.1. The van der Waals surface area contributed by atoms with Crippen molar-refractivity contribution >= 4 is 11.8 Å². The van der Waals surface area contributed by atoms with E-state index in [1.807, 2.05) is 25.1 Å². The minimum absolute atomic E-state index is 0.104. The van der Waals surface area contributed by atoms with E-state index in [9.17, 15) is 14.7 Å². The molecule has 2 heterocycles. The molecule has 1 fully saturated rings. The second-order valence-corrected chi connectivity index (χ2v) is 6.24. The Labute approximate surface area is 146 Å². The summed E-state index contributed by atoms with van der Waals surface area (Å²) in [6.07, 6.45) is 1.22. The highest BCUT2D eigenvalue weighted by atomic mass is 16.3. The van der Waals surface area contributed by atoms with Gasteiger partial charge < -0.3 is 15.3 Å². The molecule has 1 aliphatic rings. The van der Waals surface area contributed by atoms with Crippen LogP contribution in [0.4, 0.5) is 0 Å². The Kier molecular flexibility index (Phi) is 5.09. The number of aryl methyl sites for hydroxylation is 1. The maximum atomic E-state index is 12.4. The Morgan fingerprint density at radius 2 is 1.92 bits per heavy atom. The molecule has 2 aromatic rings. The lowest BCUT2D eigenvalue weighted by Gasteiger charge is -2.36. The van der Waals surface area contributed by atoms with E-state index in [0.29, 0.717) is 24.1 Å². The SMILES string of the molecule is Cc1ccc(C(=O)N[C@@H]2CCN(C(=O)c3ccccc3)C[C@H]2O)cn1. The highest BCUT2D eigenvalue weighted by Crippen LogP contribution is 2.15. The predicted molar refractivity (Wildman–Crippen MR) is 93.2 cm³/mol. The lowest BCUT2D eigenvalue weighted by Crippen LogP contribution is -2.55. The van der Waals surface area contributed by atoms with Crippen molar-refractivity contribution in [3.05, 3.63) is 65.5 Å². The number of aromatic nitrogens is 1. The summed E-state index contributed by atoms with van der Waals surface area (Å²) >= 11 is 0. The Morgan fingerprint density at radius 1 is 1.16 bits per heavy atom. The predicted octanol–water partition coefficient (Wildman–Crippen LogP) is 1.40. The number of nitrogens with zero attached hydrogens (tertiary/aromatic N) is 2. The highest BCUT2D eigenvalue weighted by molar-refractivity contribution is 5.95. The number of pyridine rings is 1. The topological polar surface area (TPSA) is 82.5 Å².